The van der Waals surface area contributed by atoms with Gasteiger partial charge in [-0.15, -0.1) is 0 Å². The smallest absolute Gasteiger partial charge is 0.326 e. The molecule has 1 aromatic heterocycles. The Balaban J connectivity index is 2.20. The predicted molar refractivity (Wildman–Crippen MR) is 82.6 cm³/mol. The van der Waals surface area contributed by atoms with Crippen LogP contribution in [0.4, 0.5) is 0 Å². The lowest BCUT2D eigenvalue weighted by molar-refractivity contribution is -0.139. The number of carbonyl (C=O) groups is 3. The molecular formula is C16H21N3O4. The summed E-state index contributed by atoms with van der Waals surface area (Å²) in [7, 11) is 0. The molecule has 2 rings (SSSR count). The molecule has 3 N–H and O–H groups in total. The number of hydrogen-bond donors (Lipinski definition) is 3. The van der Waals surface area contributed by atoms with Crippen LogP contribution in [0.1, 0.15) is 39.3 Å². The highest BCUT2D eigenvalue weighted by atomic mass is 16.4. The van der Waals surface area contributed by atoms with Gasteiger partial charge in [0.25, 0.3) is 0 Å². The molecule has 1 saturated carbocycles. The maximum Gasteiger partial charge on any atom is 0.326 e. The minimum Gasteiger partial charge on any atom is -0.480 e. The van der Waals surface area contributed by atoms with E-state index in [9.17, 15) is 19.5 Å². The fourth-order valence-electron chi connectivity index (χ4n) is 2.83. The SMILES string of the molecule is CC(N[C@@H](Cc1c[nH]cn1)C(=O)O)=C1C(=O)CC(C)(C)CC1=O. The van der Waals surface area contributed by atoms with Crippen molar-refractivity contribution in [2.75, 3.05) is 0 Å². The van der Waals surface area contributed by atoms with Gasteiger partial charge >= 0.3 is 5.97 Å². The number of rotatable bonds is 5. The number of nitrogens with one attached hydrogen (secondary N) is 2. The Morgan fingerprint density at radius 3 is 2.48 bits per heavy atom. The van der Waals surface area contributed by atoms with Crippen LogP contribution in [0.15, 0.2) is 23.8 Å². The Labute approximate surface area is 134 Å². The third kappa shape index (κ3) is 4.06. The van der Waals surface area contributed by atoms with Gasteiger partial charge in [0.1, 0.15) is 6.04 Å². The minimum atomic E-state index is -1.07. The Morgan fingerprint density at radius 2 is 2.00 bits per heavy atom. The molecule has 0 saturated heterocycles. The fraction of sp³-hybridized carbons (Fsp3) is 0.500. The van der Waals surface area contributed by atoms with E-state index in [0.29, 0.717) is 11.4 Å². The lowest BCUT2D eigenvalue weighted by Crippen LogP contribution is -2.40. The molecule has 1 fully saturated rings. The van der Waals surface area contributed by atoms with Crippen LogP contribution < -0.4 is 5.32 Å². The van der Waals surface area contributed by atoms with Crippen molar-refractivity contribution in [3.63, 3.8) is 0 Å². The van der Waals surface area contributed by atoms with E-state index in [-0.39, 0.29) is 41.8 Å². The molecule has 23 heavy (non-hydrogen) atoms. The maximum atomic E-state index is 12.2. The Bertz CT molecular complexity index is 637. The molecule has 0 unspecified atom stereocenters. The summed E-state index contributed by atoms with van der Waals surface area (Å²) in [5.74, 6) is -1.54. The van der Waals surface area contributed by atoms with Crippen LogP contribution in [0.5, 0.6) is 0 Å². The average molecular weight is 319 g/mol. The van der Waals surface area contributed by atoms with Crippen LogP contribution in [0.3, 0.4) is 0 Å². The van der Waals surface area contributed by atoms with E-state index in [1.807, 2.05) is 13.8 Å². The van der Waals surface area contributed by atoms with Crippen LogP contribution in [-0.4, -0.2) is 38.7 Å². The second kappa shape index (κ2) is 6.36. The monoisotopic (exact) mass is 319 g/mol. The molecule has 0 amide bonds. The van der Waals surface area contributed by atoms with Gasteiger partial charge in [-0.1, -0.05) is 13.8 Å². The van der Waals surface area contributed by atoms with Crippen LogP contribution in [0.2, 0.25) is 0 Å². The number of hydrogen-bond acceptors (Lipinski definition) is 5. The van der Waals surface area contributed by atoms with Crippen molar-refractivity contribution in [2.45, 2.75) is 46.1 Å². The minimum absolute atomic E-state index is 0.0950. The first-order valence-corrected chi connectivity index (χ1v) is 7.44. The van der Waals surface area contributed by atoms with Crippen LogP contribution >= 0.6 is 0 Å². The number of allylic oxidation sites excluding steroid dienone is 2. The summed E-state index contributed by atoms with van der Waals surface area (Å²) in [4.78, 5) is 42.7. The van der Waals surface area contributed by atoms with Gasteiger partial charge in [0.15, 0.2) is 11.6 Å². The fourth-order valence-corrected chi connectivity index (χ4v) is 2.83. The quantitative estimate of drug-likeness (QED) is 0.556. The third-order valence-corrected chi connectivity index (χ3v) is 3.87. The first-order valence-electron chi connectivity index (χ1n) is 7.44. The van der Waals surface area contributed by atoms with E-state index in [1.54, 1.807) is 13.1 Å². The number of aromatic amines is 1. The predicted octanol–water partition coefficient (Wildman–Crippen LogP) is 1.23. The number of carboxylic acid groups (broad SMARTS) is 1. The number of carbonyl (C=O) groups excluding carboxylic acids is 2. The molecule has 7 heteroatoms. The summed E-state index contributed by atoms with van der Waals surface area (Å²) in [6, 6.07) is -0.957. The van der Waals surface area contributed by atoms with E-state index in [2.05, 4.69) is 15.3 Å². The average Bonchev–Trinajstić information content (AvgIpc) is 2.88. The van der Waals surface area contributed by atoms with Crippen molar-refractivity contribution < 1.29 is 19.5 Å². The number of carboxylic acids is 1. The van der Waals surface area contributed by atoms with Crippen molar-refractivity contribution in [1.82, 2.24) is 15.3 Å². The summed E-state index contributed by atoms with van der Waals surface area (Å²) >= 11 is 0. The van der Waals surface area contributed by atoms with E-state index in [1.165, 1.54) is 6.33 Å². The van der Waals surface area contributed by atoms with Gasteiger partial charge in [-0.05, 0) is 12.3 Å². The van der Waals surface area contributed by atoms with Crippen molar-refractivity contribution in [3.8, 4) is 0 Å². The highest BCUT2D eigenvalue weighted by molar-refractivity contribution is 6.22. The number of imidazole rings is 1. The van der Waals surface area contributed by atoms with Gasteiger partial charge in [0.2, 0.25) is 0 Å². The Kier molecular flexibility index (Phi) is 4.68. The van der Waals surface area contributed by atoms with E-state index in [0.717, 1.165) is 0 Å². The number of H-pyrrole nitrogens is 1. The van der Waals surface area contributed by atoms with Gasteiger partial charge in [0, 0.05) is 31.2 Å². The van der Waals surface area contributed by atoms with Crippen LogP contribution in [0.25, 0.3) is 0 Å². The highest BCUT2D eigenvalue weighted by Gasteiger charge is 2.37. The molecule has 0 radical (unpaired) electrons. The zero-order valence-corrected chi connectivity index (χ0v) is 13.5. The van der Waals surface area contributed by atoms with Crippen molar-refractivity contribution in [2.24, 2.45) is 5.41 Å². The van der Waals surface area contributed by atoms with Gasteiger partial charge in [-0.3, -0.25) is 9.59 Å². The van der Waals surface area contributed by atoms with Gasteiger partial charge in [-0.2, -0.15) is 0 Å². The van der Waals surface area contributed by atoms with Crippen molar-refractivity contribution in [1.29, 1.82) is 0 Å². The first-order chi connectivity index (χ1) is 10.7. The second-order valence-corrected chi connectivity index (χ2v) is 6.66. The number of aromatic nitrogens is 2. The summed E-state index contributed by atoms with van der Waals surface area (Å²) in [6.45, 7) is 5.32. The molecule has 7 nitrogen and oxygen atoms in total. The number of aliphatic carboxylic acids is 1. The standard InChI is InChI=1S/C16H21N3O4/c1-9(14-12(20)5-16(2,3)6-13(14)21)19-11(15(22)23)4-10-7-17-8-18-10/h7-8,11,19H,4-6H2,1-3H3,(H,17,18)(H,22,23)/t11-/m0/s1. The van der Waals surface area contributed by atoms with Crippen LogP contribution in [-0.2, 0) is 20.8 Å². The molecule has 0 aliphatic heterocycles. The summed E-state index contributed by atoms with van der Waals surface area (Å²) < 4.78 is 0. The first kappa shape index (κ1) is 16.9. The zero-order chi connectivity index (χ0) is 17.2. The van der Waals surface area contributed by atoms with Gasteiger partial charge in [0.05, 0.1) is 17.6 Å². The van der Waals surface area contributed by atoms with E-state index < -0.39 is 12.0 Å². The largest absolute Gasteiger partial charge is 0.480 e. The number of ketones is 2. The molecule has 124 valence electrons. The molecule has 1 aliphatic carbocycles. The third-order valence-electron chi connectivity index (χ3n) is 3.87. The zero-order valence-electron chi connectivity index (χ0n) is 13.5. The second-order valence-electron chi connectivity index (χ2n) is 6.66. The number of nitrogens with zero attached hydrogens (tertiary/aromatic N) is 1. The van der Waals surface area contributed by atoms with Crippen molar-refractivity contribution in [3.05, 3.63) is 29.5 Å². The number of Topliss-reactive ketones (excluding diaryl/α,β-unsaturated/α-hetero) is 2. The van der Waals surface area contributed by atoms with Crippen LogP contribution in [0, 0.1) is 5.41 Å². The molecule has 0 spiro atoms. The summed E-state index contributed by atoms with van der Waals surface area (Å²) in [5, 5.41) is 12.1. The molecule has 0 aromatic carbocycles. The summed E-state index contributed by atoms with van der Waals surface area (Å²) in [6.07, 6.45) is 3.79. The highest BCUT2D eigenvalue weighted by Crippen LogP contribution is 2.34. The van der Waals surface area contributed by atoms with E-state index in [4.69, 9.17) is 0 Å². The molecular weight excluding hydrogens is 298 g/mol. The molecule has 1 atom stereocenters. The Morgan fingerprint density at radius 1 is 1.39 bits per heavy atom. The van der Waals surface area contributed by atoms with Crippen molar-refractivity contribution >= 4 is 17.5 Å². The molecule has 1 heterocycles. The lowest BCUT2D eigenvalue weighted by Gasteiger charge is -2.30. The molecule has 1 aliphatic rings. The molecule has 0 bridgehead atoms. The van der Waals surface area contributed by atoms with Gasteiger partial charge < -0.3 is 15.4 Å². The molecule has 1 aromatic rings. The summed E-state index contributed by atoms with van der Waals surface area (Å²) in [5.41, 5.74) is 0.653. The lowest BCUT2D eigenvalue weighted by atomic mass is 9.73. The Hall–Kier alpha value is -2.44. The normalized spacial score (nSPS) is 18.7. The van der Waals surface area contributed by atoms with E-state index >= 15 is 0 Å². The maximum absolute atomic E-state index is 12.2. The van der Waals surface area contributed by atoms with Gasteiger partial charge in [-0.25, -0.2) is 9.78 Å². The topological polar surface area (TPSA) is 112 Å².